The highest BCUT2D eigenvalue weighted by Crippen LogP contribution is 2.16. The molecule has 2 aromatic heterocycles. The van der Waals surface area contributed by atoms with E-state index in [2.05, 4.69) is 15.2 Å². The molecule has 8 heteroatoms. The highest BCUT2D eigenvalue weighted by molar-refractivity contribution is 6.32. The zero-order valence-electron chi connectivity index (χ0n) is 10.7. The van der Waals surface area contributed by atoms with Gasteiger partial charge >= 0.3 is 5.97 Å². The maximum Gasteiger partial charge on any atom is 0.367 e. The van der Waals surface area contributed by atoms with Crippen LogP contribution < -0.4 is 0 Å². The maximum atomic E-state index is 11.6. The standard InChI is InChI=1S/C12H10Cl2N4O2/c1-7-9(11(14)18(2)17-7)6-16-20-12(19)8-3-4-10(13)15-5-8/h3-6H,1-2H3/b16-6+. The number of nitrogens with zero attached hydrogens (tertiary/aromatic N) is 4. The summed E-state index contributed by atoms with van der Waals surface area (Å²) in [6.45, 7) is 1.78. The SMILES string of the molecule is Cc1nn(C)c(Cl)c1/C=N/OC(=O)c1ccc(Cl)nc1. The van der Waals surface area contributed by atoms with Crippen LogP contribution in [-0.2, 0) is 11.9 Å². The lowest BCUT2D eigenvalue weighted by molar-refractivity contribution is 0.0518. The van der Waals surface area contributed by atoms with Crippen LogP contribution in [0.2, 0.25) is 10.3 Å². The molecular formula is C12H10Cl2N4O2. The number of carbonyl (C=O) groups is 1. The van der Waals surface area contributed by atoms with Crippen molar-refractivity contribution < 1.29 is 9.63 Å². The van der Waals surface area contributed by atoms with Gasteiger partial charge in [-0.3, -0.25) is 4.68 Å². The summed E-state index contributed by atoms with van der Waals surface area (Å²) in [5.41, 5.74) is 1.53. The van der Waals surface area contributed by atoms with Crippen molar-refractivity contribution in [1.29, 1.82) is 0 Å². The number of aryl methyl sites for hydroxylation is 2. The van der Waals surface area contributed by atoms with Crippen molar-refractivity contribution in [3.63, 3.8) is 0 Å². The zero-order chi connectivity index (χ0) is 14.7. The van der Waals surface area contributed by atoms with Gasteiger partial charge in [-0.05, 0) is 19.1 Å². The minimum Gasteiger partial charge on any atom is -0.313 e. The molecule has 0 fully saturated rings. The van der Waals surface area contributed by atoms with Gasteiger partial charge in [0, 0.05) is 13.2 Å². The Kier molecular flexibility index (Phi) is 4.36. The molecule has 2 aromatic rings. The van der Waals surface area contributed by atoms with Crippen LogP contribution in [0.5, 0.6) is 0 Å². The van der Waals surface area contributed by atoms with E-state index >= 15 is 0 Å². The molecule has 0 saturated carbocycles. The Labute approximate surface area is 125 Å². The first-order valence-corrected chi connectivity index (χ1v) is 6.30. The molecule has 0 aliphatic carbocycles. The van der Waals surface area contributed by atoms with E-state index < -0.39 is 5.97 Å². The molecular weight excluding hydrogens is 303 g/mol. The van der Waals surface area contributed by atoms with Crippen molar-refractivity contribution in [2.45, 2.75) is 6.92 Å². The van der Waals surface area contributed by atoms with Crippen molar-refractivity contribution in [3.05, 3.63) is 45.5 Å². The van der Waals surface area contributed by atoms with Crippen molar-refractivity contribution in [2.24, 2.45) is 12.2 Å². The second-order valence-electron chi connectivity index (χ2n) is 3.90. The molecule has 0 N–H and O–H groups in total. The molecule has 0 aliphatic heterocycles. The summed E-state index contributed by atoms with van der Waals surface area (Å²) in [6.07, 6.45) is 2.65. The quantitative estimate of drug-likeness (QED) is 0.378. The van der Waals surface area contributed by atoms with Gasteiger partial charge in [-0.25, -0.2) is 9.78 Å². The van der Waals surface area contributed by atoms with E-state index in [1.54, 1.807) is 14.0 Å². The Morgan fingerprint density at radius 2 is 2.20 bits per heavy atom. The van der Waals surface area contributed by atoms with Crippen LogP contribution in [0.1, 0.15) is 21.6 Å². The Balaban J connectivity index is 2.06. The van der Waals surface area contributed by atoms with Gasteiger partial charge in [-0.2, -0.15) is 5.10 Å². The smallest absolute Gasteiger partial charge is 0.313 e. The van der Waals surface area contributed by atoms with Crippen molar-refractivity contribution >= 4 is 35.4 Å². The molecule has 0 amide bonds. The summed E-state index contributed by atoms with van der Waals surface area (Å²) in [5.74, 6) is -0.636. The number of pyridine rings is 1. The summed E-state index contributed by atoms with van der Waals surface area (Å²) in [6, 6.07) is 2.99. The highest BCUT2D eigenvalue weighted by Gasteiger charge is 2.10. The second kappa shape index (κ2) is 6.02. The van der Waals surface area contributed by atoms with Crippen LogP contribution in [0, 0.1) is 6.92 Å². The molecule has 0 aromatic carbocycles. The van der Waals surface area contributed by atoms with Gasteiger partial charge < -0.3 is 4.84 Å². The fraction of sp³-hybridized carbons (Fsp3) is 0.167. The third-order valence-corrected chi connectivity index (χ3v) is 3.15. The predicted molar refractivity (Wildman–Crippen MR) is 75.2 cm³/mol. The molecule has 0 atom stereocenters. The second-order valence-corrected chi connectivity index (χ2v) is 4.64. The van der Waals surface area contributed by atoms with E-state index in [-0.39, 0.29) is 5.56 Å². The average molecular weight is 313 g/mol. The maximum absolute atomic E-state index is 11.6. The number of hydrogen-bond donors (Lipinski definition) is 0. The van der Waals surface area contributed by atoms with E-state index in [0.717, 1.165) is 0 Å². The van der Waals surface area contributed by atoms with E-state index in [9.17, 15) is 4.79 Å². The van der Waals surface area contributed by atoms with Gasteiger partial charge in [0.05, 0.1) is 23.0 Å². The van der Waals surface area contributed by atoms with Crippen molar-refractivity contribution in [3.8, 4) is 0 Å². The molecule has 0 unspecified atom stereocenters. The lowest BCUT2D eigenvalue weighted by Crippen LogP contribution is -2.01. The molecule has 20 heavy (non-hydrogen) atoms. The van der Waals surface area contributed by atoms with Gasteiger partial charge in [0.15, 0.2) is 0 Å². The topological polar surface area (TPSA) is 69.4 Å². The molecule has 0 bridgehead atoms. The van der Waals surface area contributed by atoms with Crippen molar-refractivity contribution in [2.75, 3.05) is 0 Å². The van der Waals surface area contributed by atoms with E-state index in [0.29, 0.717) is 21.6 Å². The number of carbonyl (C=O) groups excluding carboxylic acids is 1. The predicted octanol–water partition coefficient (Wildman–Crippen LogP) is 2.62. The molecule has 0 aliphatic rings. The molecule has 2 rings (SSSR count). The largest absolute Gasteiger partial charge is 0.367 e. The lowest BCUT2D eigenvalue weighted by Gasteiger charge is -1.97. The van der Waals surface area contributed by atoms with E-state index in [1.807, 2.05) is 0 Å². The van der Waals surface area contributed by atoms with Gasteiger partial charge in [-0.1, -0.05) is 28.4 Å². The van der Waals surface area contributed by atoms with Crippen molar-refractivity contribution in [1.82, 2.24) is 14.8 Å². The summed E-state index contributed by atoms with van der Waals surface area (Å²) in [7, 11) is 1.71. The molecule has 0 saturated heterocycles. The Morgan fingerprint density at radius 3 is 2.75 bits per heavy atom. The minimum atomic E-state index is -0.636. The number of rotatable bonds is 3. The molecule has 6 nitrogen and oxygen atoms in total. The fourth-order valence-electron chi connectivity index (χ4n) is 1.47. The molecule has 0 spiro atoms. The summed E-state index contributed by atoms with van der Waals surface area (Å²) in [5, 5.41) is 8.41. The Morgan fingerprint density at radius 1 is 1.45 bits per heavy atom. The minimum absolute atomic E-state index is 0.251. The number of oxime groups is 1. The van der Waals surface area contributed by atoms with Gasteiger partial charge in [0.1, 0.15) is 10.3 Å². The molecule has 2 heterocycles. The molecule has 104 valence electrons. The monoisotopic (exact) mass is 312 g/mol. The van der Waals surface area contributed by atoms with Crippen LogP contribution in [-0.4, -0.2) is 26.9 Å². The number of halogens is 2. The first kappa shape index (κ1) is 14.5. The normalized spacial score (nSPS) is 11.0. The fourth-order valence-corrected chi connectivity index (χ4v) is 1.80. The van der Waals surface area contributed by atoms with E-state index in [1.165, 1.54) is 29.2 Å². The third-order valence-electron chi connectivity index (χ3n) is 2.48. The highest BCUT2D eigenvalue weighted by atomic mass is 35.5. The molecule has 0 radical (unpaired) electrons. The van der Waals surface area contributed by atoms with Gasteiger partial charge in [0.2, 0.25) is 0 Å². The first-order chi connectivity index (χ1) is 9.49. The van der Waals surface area contributed by atoms with Crippen LogP contribution in [0.15, 0.2) is 23.5 Å². The van der Waals surface area contributed by atoms with Crippen LogP contribution >= 0.6 is 23.2 Å². The lowest BCUT2D eigenvalue weighted by atomic mass is 10.3. The number of hydrogen-bond acceptors (Lipinski definition) is 5. The van der Waals surface area contributed by atoms with Crippen LogP contribution in [0.3, 0.4) is 0 Å². The third kappa shape index (κ3) is 3.15. The Bertz CT molecular complexity index is 665. The zero-order valence-corrected chi connectivity index (χ0v) is 12.2. The first-order valence-electron chi connectivity index (χ1n) is 5.54. The van der Waals surface area contributed by atoms with E-state index in [4.69, 9.17) is 28.0 Å². The van der Waals surface area contributed by atoms with Crippen LogP contribution in [0.4, 0.5) is 0 Å². The van der Waals surface area contributed by atoms with Crippen LogP contribution in [0.25, 0.3) is 0 Å². The summed E-state index contributed by atoms with van der Waals surface area (Å²) in [4.78, 5) is 20.2. The summed E-state index contributed by atoms with van der Waals surface area (Å²) < 4.78 is 1.50. The van der Waals surface area contributed by atoms with Gasteiger partial charge in [0.25, 0.3) is 0 Å². The van der Waals surface area contributed by atoms with Gasteiger partial charge in [-0.15, -0.1) is 0 Å². The summed E-state index contributed by atoms with van der Waals surface area (Å²) >= 11 is 11.6. The average Bonchev–Trinajstić information content (AvgIpc) is 2.65. The Hall–Kier alpha value is -1.92. The number of aromatic nitrogens is 3.